The van der Waals surface area contributed by atoms with Crippen LogP contribution in [0.2, 0.25) is 0 Å². The van der Waals surface area contributed by atoms with Gasteiger partial charge in [0, 0.05) is 26.2 Å². The molecule has 1 aliphatic heterocycles. The van der Waals surface area contributed by atoms with E-state index < -0.39 is 10.0 Å². The second-order valence-corrected chi connectivity index (χ2v) is 8.28. The van der Waals surface area contributed by atoms with Gasteiger partial charge in [0.1, 0.15) is 5.84 Å². The second kappa shape index (κ2) is 8.10. The Kier molecular flexibility index (Phi) is 7.09. The van der Waals surface area contributed by atoms with Crippen LogP contribution in [0.4, 0.5) is 0 Å². The van der Waals surface area contributed by atoms with Crippen molar-refractivity contribution in [1.82, 2.24) is 9.21 Å². The van der Waals surface area contributed by atoms with Gasteiger partial charge in [-0.15, -0.1) is 0 Å². The lowest BCUT2D eigenvalue weighted by Gasteiger charge is -2.38. The van der Waals surface area contributed by atoms with E-state index in [2.05, 4.69) is 11.8 Å². The van der Waals surface area contributed by atoms with Crippen LogP contribution in [-0.4, -0.2) is 61.4 Å². The van der Waals surface area contributed by atoms with E-state index in [9.17, 15) is 8.42 Å². The summed E-state index contributed by atoms with van der Waals surface area (Å²) in [5, 5.41) is 7.68. The zero-order chi connectivity index (χ0) is 16.0. The summed E-state index contributed by atoms with van der Waals surface area (Å²) in [6.45, 7) is 8.48. The number of nitrogens with zero attached hydrogens (tertiary/aromatic N) is 2. The Morgan fingerprint density at radius 1 is 1.19 bits per heavy atom. The van der Waals surface area contributed by atoms with E-state index >= 15 is 0 Å². The number of rotatable bonds is 8. The Labute approximate surface area is 129 Å². The van der Waals surface area contributed by atoms with Crippen LogP contribution in [0, 0.1) is 11.3 Å². The van der Waals surface area contributed by atoms with Crippen molar-refractivity contribution in [2.24, 2.45) is 11.7 Å². The molecule has 7 heteroatoms. The van der Waals surface area contributed by atoms with Crippen LogP contribution in [0.1, 0.15) is 40.0 Å². The minimum atomic E-state index is -3.14. The van der Waals surface area contributed by atoms with Gasteiger partial charge in [0.2, 0.25) is 10.0 Å². The zero-order valence-corrected chi connectivity index (χ0v) is 14.3. The summed E-state index contributed by atoms with van der Waals surface area (Å²) in [6, 6.07) is -0.0458. The molecule has 0 aromatic rings. The summed E-state index contributed by atoms with van der Waals surface area (Å²) in [5.41, 5.74) is 5.66. The molecule has 0 bridgehead atoms. The highest BCUT2D eigenvalue weighted by Crippen LogP contribution is 2.15. The Bertz CT molecular complexity index is 428. The normalized spacial score (nSPS) is 19.8. The number of hydrogen-bond acceptors (Lipinski definition) is 4. The van der Waals surface area contributed by atoms with E-state index in [1.165, 1.54) is 0 Å². The van der Waals surface area contributed by atoms with E-state index in [1.807, 2.05) is 13.8 Å². The largest absolute Gasteiger partial charge is 0.386 e. The van der Waals surface area contributed by atoms with Crippen molar-refractivity contribution in [2.75, 3.05) is 31.9 Å². The Balaban J connectivity index is 2.56. The first-order chi connectivity index (χ1) is 9.77. The van der Waals surface area contributed by atoms with Gasteiger partial charge in [-0.2, -0.15) is 4.31 Å². The molecule has 1 aliphatic rings. The predicted octanol–water partition coefficient (Wildman–Crippen LogP) is 1.08. The summed E-state index contributed by atoms with van der Waals surface area (Å²) >= 11 is 0. The van der Waals surface area contributed by atoms with E-state index in [0.717, 1.165) is 12.8 Å². The van der Waals surface area contributed by atoms with Gasteiger partial charge in [-0.1, -0.05) is 27.2 Å². The minimum absolute atomic E-state index is 0.0458. The molecule has 1 heterocycles. The highest BCUT2D eigenvalue weighted by molar-refractivity contribution is 7.89. The van der Waals surface area contributed by atoms with Crippen molar-refractivity contribution in [3.8, 4) is 0 Å². The van der Waals surface area contributed by atoms with E-state index in [0.29, 0.717) is 38.5 Å². The highest BCUT2D eigenvalue weighted by atomic mass is 32.2. The SMILES string of the molecule is CCCC(C(=N)N)N1CCN(S(=O)(=O)CCC(C)C)CC1. The average molecular weight is 318 g/mol. The maximum Gasteiger partial charge on any atom is 0.214 e. The summed E-state index contributed by atoms with van der Waals surface area (Å²) in [5.74, 6) is 0.816. The molecule has 1 rings (SSSR count). The van der Waals surface area contributed by atoms with Crippen LogP contribution in [-0.2, 0) is 10.0 Å². The smallest absolute Gasteiger partial charge is 0.214 e. The molecule has 0 amide bonds. The first-order valence-corrected chi connectivity index (χ1v) is 9.44. The first-order valence-electron chi connectivity index (χ1n) is 7.83. The third-order valence-electron chi connectivity index (χ3n) is 3.98. The molecule has 1 atom stereocenters. The summed E-state index contributed by atoms with van der Waals surface area (Å²) < 4.78 is 26.1. The number of nitrogens with one attached hydrogen (secondary N) is 1. The van der Waals surface area contributed by atoms with Gasteiger partial charge >= 0.3 is 0 Å². The third-order valence-corrected chi connectivity index (χ3v) is 5.89. The molecule has 0 radical (unpaired) electrons. The molecule has 0 saturated carbocycles. The third kappa shape index (κ3) is 5.56. The zero-order valence-electron chi connectivity index (χ0n) is 13.5. The average Bonchev–Trinajstić information content (AvgIpc) is 2.42. The monoisotopic (exact) mass is 318 g/mol. The quantitative estimate of drug-likeness (QED) is 0.518. The molecule has 6 nitrogen and oxygen atoms in total. The highest BCUT2D eigenvalue weighted by Gasteiger charge is 2.30. The van der Waals surface area contributed by atoms with Crippen molar-refractivity contribution >= 4 is 15.9 Å². The molecular weight excluding hydrogens is 288 g/mol. The fraction of sp³-hybridized carbons (Fsp3) is 0.929. The summed E-state index contributed by atoms with van der Waals surface area (Å²) in [4.78, 5) is 2.14. The van der Waals surface area contributed by atoms with E-state index in [1.54, 1.807) is 4.31 Å². The van der Waals surface area contributed by atoms with Gasteiger partial charge in [0.05, 0.1) is 11.8 Å². The van der Waals surface area contributed by atoms with Crippen molar-refractivity contribution in [3.05, 3.63) is 0 Å². The molecule has 124 valence electrons. The van der Waals surface area contributed by atoms with E-state index in [-0.39, 0.29) is 17.6 Å². The topological polar surface area (TPSA) is 90.5 Å². The van der Waals surface area contributed by atoms with E-state index in [4.69, 9.17) is 11.1 Å². The molecule has 3 N–H and O–H groups in total. The lowest BCUT2D eigenvalue weighted by molar-refractivity contribution is 0.160. The van der Waals surface area contributed by atoms with Crippen molar-refractivity contribution in [1.29, 1.82) is 5.41 Å². The predicted molar refractivity (Wildman–Crippen MR) is 87.0 cm³/mol. The number of amidine groups is 1. The molecule has 0 spiro atoms. The molecule has 1 saturated heterocycles. The maximum atomic E-state index is 12.3. The minimum Gasteiger partial charge on any atom is -0.386 e. The summed E-state index contributed by atoms with van der Waals surface area (Å²) in [7, 11) is -3.14. The number of hydrogen-bond donors (Lipinski definition) is 2. The second-order valence-electron chi connectivity index (χ2n) is 6.19. The lowest BCUT2D eigenvalue weighted by Crippen LogP contribution is -2.55. The Hall–Kier alpha value is -0.660. The fourth-order valence-corrected chi connectivity index (χ4v) is 4.36. The molecule has 1 unspecified atom stereocenters. The molecular formula is C14H30N4O2S. The van der Waals surface area contributed by atoms with Crippen LogP contribution in [0.25, 0.3) is 0 Å². The van der Waals surface area contributed by atoms with Crippen LogP contribution >= 0.6 is 0 Å². The first kappa shape index (κ1) is 18.4. The van der Waals surface area contributed by atoms with Gasteiger partial charge in [0.15, 0.2) is 0 Å². The molecule has 21 heavy (non-hydrogen) atoms. The van der Waals surface area contributed by atoms with Crippen molar-refractivity contribution in [2.45, 2.75) is 46.1 Å². The standard InChI is InChI=1S/C14H30N4O2S/c1-4-5-13(14(15)16)17-7-9-18(10-8-17)21(19,20)11-6-12(2)3/h12-13H,4-11H2,1-3H3,(H3,15,16). The molecule has 0 aromatic carbocycles. The number of nitrogens with two attached hydrogens (primary N) is 1. The van der Waals surface area contributed by atoms with Crippen LogP contribution < -0.4 is 5.73 Å². The summed E-state index contributed by atoms with van der Waals surface area (Å²) in [6.07, 6.45) is 2.53. The fourth-order valence-electron chi connectivity index (χ4n) is 2.62. The molecule has 1 fully saturated rings. The van der Waals surface area contributed by atoms with Crippen LogP contribution in [0.15, 0.2) is 0 Å². The Morgan fingerprint density at radius 2 is 1.76 bits per heavy atom. The van der Waals surface area contributed by atoms with Gasteiger partial charge in [-0.05, 0) is 18.8 Å². The van der Waals surface area contributed by atoms with Crippen LogP contribution in [0.5, 0.6) is 0 Å². The van der Waals surface area contributed by atoms with Gasteiger partial charge in [0.25, 0.3) is 0 Å². The molecule has 0 aromatic heterocycles. The Morgan fingerprint density at radius 3 is 2.19 bits per heavy atom. The van der Waals surface area contributed by atoms with Crippen molar-refractivity contribution in [3.63, 3.8) is 0 Å². The van der Waals surface area contributed by atoms with Gasteiger partial charge in [-0.25, -0.2) is 8.42 Å². The van der Waals surface area contributed by atoms with Gasteiger partial charge < -0.3 is 5.73 Å². The van der Waals surface area contributed by atoms with Gasteiger partial charge in [-0.3, -0.25) is 10.3 Å². The molecule has 0 aliphatic carbocycles. The number of piperazine rings is 1. The number of sulfonamides is 1. The lowest BCUT2D eigenvalue weighted by atomic mass is 10.1. The maximum absolute atomic E-state index is 12.3. The van der Waals surface area contributed by atoms with Crippen LogP contribution in [0.3, 0.4) is 0 Å². The van der Waals surface area contributed by atoms with Crippen molar-refractivity contribution < 1.29 is 8.42 Å².